The first kappa shape index (κ1) is 29.3. The summed E-state index contributed by atoms with van der Waals surface area (Å²) in [5.74, 6) is -1.63. The number of hydrogen-bond acceptors (Lipinski definition) is 8. The van der Waals surface area contributed by atoms with Gasteiger partial charge in [-0.1, -0.05) is 65.8 Å². The molecule has 2 rings (SSSR count). The molecule has 37 heavy (non-hydrogen) atoms. The minimum Gasteiger partial charge on any atom is -0.464 e. The molecule has 11 nitrogen and oxygen atoms in total. The van der Waals surface area contributed by atoms with Crippen LogP contribution in [0.25, 0.3) is 10.4 Å². The van der Waals surface area contributed by atoms with Gasteiger partial charge in [0.2, 0.25) is 5.91 Å². The van der Waals surface area contributed by atoms with E-state index < -0.39 is 42.1 Å². The monoisotopic (exact) mass is 512 g/mol. The molecule has 0 spiro atoms. The van der Waals surface area contributed by atoms with Crippen LogP contribution < -0.4 is 5.32 Å². The van der Waals surface area contributed by atoms with Crippen molar-refractivity contribution in [2.45, 2.75) is 58.3 Å². The Morgan fingerprint density at radius 2 is 1.49 bits per heavy atom. The largest absolute Gasteiger partial charge is 0.464 e. The molecule has 0 unspecified atom stereocenters. The molecule has 0 bridgehead atoms. The summed E-state index contributed by atoms with van der Waals surface area (Å²) in [5.41, 5.74) is 11.1. The number of hydrogen-bond donors (Lipinski definition) is 1. The Kier molecular flexibility index (Phi) is 12.6. The number of rotatable bonds is 15. The van der Waals surface area contributed by atoms with E-state index in [9.17, 15) is 19.9 Å². The summed E-state index contributed by atoms with van der Waals surface area (Å²) in [6, 6.07) is 16.5. The van der Waals surface area contributed by atoms with Crippen molar-refractivity contribution in [3.8, 4) is 0 Å². The number of carbonyl (C=O) groups is 3. The van der Waals surface area contributed by atoms with Crippen LogP contribution >= 0.6 is 0 Å². The van der Waals surface area contributed by atoms with Gasteiger partial charge < -0.3 is 24.3 Å². The van der Waals surface area contributed by atoms with Crippen molar-refractivity contribution in [1.29, 1.82) is 0 Å². The van der Waals surface area contributed by atoms with Crippen LogP contribution in [0.4, 0.5) is 0 Å². The second-order valence-corrected chi connectivity index (χ2v) is 8.21. The molecule has 198 valence electrons. The third kappa shape index (κ3) is 11.1. The fourth-order valence-corrected chi connectivity index (χ4v) is 3.60. The summed E-state index contributed by atoms with van der Waals surface area (Å²) in [6.45, 7) is 3.67. The van der Waals surface area contributed by atoms with E-state index in [2.05, 4.69) is 15.3 Å². The fourth-order valence-electron chi connectivity index (χ4n) is 3.60. The third-order valence-electron chi connectivity index (χ3n) is 5.15. The Hall–Kier alpha value is -3.92. The van der Waals surface area contributed by atoms with Crippen molar-refractivity contribution in [3.63, 3.8) is 0 Å². The van der Waals surface area contributed by atoms with Crippen LogP contribution in [0.5, 0.6) is 0 Å². The van der Waals surface area contributed by atoms with E-state index in [1.807, 2.05) is 60.7 Å². The van der Waals surface area contributed by atoms with Crippen molar-refractivity contribution < 1.29 is 33.3 Å². The van der Waals surface area contributed by atoms with E-state index >= 15 is 0 Å². The molecule has 0 aliphatic heterocycles. The maximum Gasteiger partial charge on any atom is 0.303 e. The van der Waals surface area contributed by atoms with Crippen LogP contribution in [-0.2, 0) is 46.5 Å². The zero-order valence-corrected chi connectivity index (χ0v) is 21.1. The number of ether oxygens (including phenoxy) is 4. The highest BCUT2D eigenvalue weighted by atomic mass is 16.6. The van der Waals surface area contributed by atoms with Crippen LogP contribution in [0, 0.1) is 0 Å². The standard InChI is InChI=1S/C26H32N4O7/c1-18(31)28-23(16-35-19(2)32)25(29-30-27)26(36-15-22-12-8-5-9-13-22)24(37-20(3)33)17-34-14-21-10-6-4-7-11-21/h4-13,23-26H,14-17H2,1-3H3,(H,28,31)/t23-,24+,25+,26+/m0/s1. The first-order valence-electron chi connectivity index (χ1n) is 11.7. The molecule has 0 radical (unpaired) electrons. The highest BCUT2D eigenvalue weighted by Gasteiger charge is 2.38. The number of nitrogens with zero attached hydrogens (tertiary/aromatic N) is 3. The fraction of sp³-hybridized carbons (Fsp3) is 0.423. The van der Waals surface area contributed by atoms with Gasteiger partial charge >= 0.3 is 11.9 Å². The van der Waals surface area contributed by atoms with Gasteiger partial charge in [-0.2, -0.15) is 0 Å². The zero-order chi connectivity index (χ0) is 27.0. The molecule has 0 aliphatic carbocycles. The average molecular weight is 513 g/mol. The number of carbonyl (C=O) groups excluding carboxylic acids is 3. The van der Waals surface area contributed by atoms with Gasteiger partial charge in [-0.25, -0.2) is 0 Å². The maximum atomic E-state index is 12.0. The normalized spacial score (nSPS) is 13.8. The van der Waals surface area contributed by atoms with Gasteiger partial charge in [0, 0.05) is 25.7 Å². The number of nitrogens with one attached hydrogen (secondary N) is 1. The molecule has 0 fully saturated rings. The van der Waals surface area contributed by atoms with Gasteiger partial charge in [-0.15, -0.1) is 0 Å². The molecule has 1 N–H and O–H groups in total. The lowest BCUT2D eigenvalue weighted by atomic mass is 9.98. The van der Waals surface area contributed by atoms with Crippen LogP contribution in [0.2, 0.25) is 0 Å². The van der Waals surface area contributed by atoms with Crippen molar-refractivity contribution in [2.24, 2.45) is 5.11 Å². The van der Waals surface area contributed by atoms with Crippen molar-refractivity contribution in [2.75, 3.05) is 13.2 Å². The summed E-state index contributed by atoms with van der Waals surface area (Å²) in [6.07, 6.45) is -2.09. The number of esters is 2. The van der Waals surface area contributed by atoms with Gasteiger partial charge in [0.25, 0.3) is 0 Å². The van der Waals surface area contributed by atoms with Gasteiger partial charge in [-0.3, -0.25) is 14.4 Å². The molecule has 11 heteroatoms. The first-order valence-corrected chi connectivity index (χ1v) is 11.7. The Morgan fingerprint density at radius 3 is 2.00 bits per heavy atom. The van der Waals surface area contributed by atoms with Crippen LogP contribution in [0.1, 0.15) is 31.9 Å². The lowest BCUT2D eigenvalue weighted by Gasteiger charge is -2.35. The van der Waals surface area contributed by atoms with E-state index in [0.717, 1.165) is 11.1 Å². The highest BCUT2D eigenvalue weighted by Crippen LogP contribution is 2.20. The average Bonchev–Trinajstić information content (AvgIpc) is 2.86. The van der Waals surface area contributed by atoms with Gasteiger partial charge in [0.1, 0.15) is 12.7 Å². The Balaban J connectivity index is 2.38. The second-order valence-electron chi connectivity index (χ2n) is 8.21. The summed E-state index contributed by atoms with van der Waals surface area (Å²) >= 11 is 0. The Bertz CT molecular complexity index is 1050. The quantitative estimate of drug-likeness (QED) is 0.166. The van der Waals surface area contributed by atoms with E-state index in [1.54, 1.807) is 0 Å². The molecule has 2 aromatic rings. The van der Waals surface area contributed by atoms with Crippen molar-refractivity contribution >= 4 is 17.8 Å². The number of azide groups is 1. The summed E-state index contributed by atoms with van der Waals surface area (Å²) in [5, 5.41) is 6.51. The predicted octanol–water partition coefficient (Wildman–Crippen LogP) is 3.47. The molecule has 0 aromatic heterocycles. The van der Waals surface area contributed by atoms with Gasteiger partial charge in [-0.05, 0) is 16.7 Å². The van der Waals surface area contributed by atoms with Crippen LogP contribution in [-0.4, -0.2) is 55.4 Å². The highest BCUT2D eigenvalue weighted by molar-refractivity contribution is 5.73. The van der Waals surface area contributed by atoms with Gasteiger partial charge in [0.05, 0.1) is 31.9 Å². The SMILES string of the molecule is CC(=O)N[C@@H](COC(C)=O)[C@@H](N=[N+]=[N-])[C@H](OCc1ccccc1)[C@@H](COCc1ccccc1)OC(C)=O. The number of amides is 1. The molecule has 4 atom stereocenters. The molecule has 0 aliphatic rings. The molecule has 2 aromatic carbocycles. The minimum absolute atomic E-state index is 0.0831. The van der Waals surface area contributed by atoms with Gasteiger partial charge in [0.15, 0.2) is 6.10 Å². The van der Waals surface area contributed by atoms with E-state index in [1.165, 1.54) is 20.8 Å². The first-order chi connectivity index (χ1) is 17.8. The topological polar surface area (TPSA) is 149 Å². The van der Waals surface area contributed by atoms with Crippen molar-refractivity contribution in [1.82, 2.24) is 5.32 Å². The van der Waals surface area contributed by atoms with Crippen LogP contribution in [0.15, 0.2) is 65.8 Å². The molecule has 0 saturated carbocycles. The maximum absolute atomic E-state index is 12.0. The molecule has 0 heterocycles. The van der Waals surface area contributed by atoms with E-state index in [4.69, 9.17) is 18.9 Å². The van der Waals surface area contributed by atoms with E-state index in [-0.39, 0.29) is 26.4 Å². The summed E-state index contributed by atoms with van der Waals surface area (Å²) in [4.78, 5) is 38.4. The Labute approximate surface area is 215 Å². The van der Waals surface area contributed by atoms with Crippen LogP contribution in [0.3, 0.4) is 0 Å². The van der Waals surface area contributed by atoms with E-state index in [0.29, 0.717) is 0 Å². The molecular formula is C26H32N4O7. The lowest BCUT2D eigenvalue weighted by molar-refractivity contribution is -0.165. The Morgan fingerprint density at radius 1 is 0.892 bits per heavy atom. The second kappa shape index (κ2) is 15.9. The molecule has 0 saturated heterocycles. The molecular weight excluding hydrogens is 480 g/mol. The molecule has 1 amide bonds. The summed E-state index contributed by atoms with van der Waals surface area (Å²) < 4.78 is 22.7. The van der Waals surface area contributed by atoms with Crippen molar-refractivity contribution in [3.05, 3.63) is 82.2 Å². The minimum atomic E-state index is -1.12. The smallest absolute Gasteiger partial charge is 0.303 e. The summed E-state index contributed by atoms with van der Waals surface area (Å²) in [7, 11) is 0. The lowest BCUT2D eigenvalue weighted by Crippen LogP contribution is -2.55. The number of benzene rings is 2. The zero-order valence-electron chi connectivity index (χ0n) is 21.1. The third-order valence-corrected chi connectivity index (χ3v) is 5.15. The predicted molar refractivity (Wildman–Crippen MR) is 134 cm³/mol.